The van der Waals surface area contributed by atoms with E-state index in [9.17, 15) is 9.59 Å². The van der Waals surface area contributed by atoms with Crippen LogP contribution in [-0.4, -0.2) is 52.1 Å². The number of nitrogens with one attached hydrogen (secondary N) is 1. The minimum atomic E-state index is -0.418. The standard InChI is InChI=1S/C14H25N5O2/c1-3-5-19-12(15)11(13(20)16-14(19)21)10-18-8-6-17(4-2)7-9-18/h3-10,15H2,1-2H3,(H,16,20,21). The van der Waals surface area contributed by atoms with Crippen LogP contribution >= 0.6 is 0 Å². The van der Waals surface area contributed by atoms with Gasteiger partial charge in [-0.15, -0.1) is 0 Å². The summed E-state index contributed by atoms with van der Waals surface area (Å²) in [4.78, 5) is 30.8. The van der Waals surface area contributed by atoms with Gasteiger partial charge in [0.1, 0.15) is 5.82 Å². The number of H-pyrrole nitrogens is 1. The van der Waals surface area contributed by atoms with E-state index in [-0.39, 0.29) is 5.56 Å². The van der Waals surface area contributed by atoms with Gasteiger partial charge in [0.25, 0.3) is 5.56 Å². The summed E-state index contributed by atoms with van der Waals surface area (Å²) in [5.41, 5.74) is 5.78. The normalized spacial score (nSPS) is 17.2. The summed E-state index contributed by atoms with van der Waals surface area (Å²) in [5.74, 6) is 0.309. The molecule has 0 bridgehead atoms. The molecule has 3 N–H and O–H groups in total. The molecule has 0 aliphatic carbocycles. The Morgan fingerprint density at radius 3 is 2.29 bits per heavy atom. The van der Waals surface area contributed by atoms with Crippen molar-refractivity contribution in [1.82, 2.24) is 19.4 Å². The minimum Gasteiger partial charge on any atom is -0.385 e. The smallest absolute Gasteiger partial charge is 0.329 e. The molecule has 7 heteroatoms. The maximum absolute atomic E-state index is 12.0. The number of hydrogen-bond donors (Lipinski definition) is 2. The number of likely N-dealkylation sites (N-methyl/N-ethyl adjacent to an activating group) is 1. The van der Waals surface area contributed by atoms with Crippen LogP contribution in [0.2, 0.25) is 0 Å². The summed E-state index contributed by atoms with van der Waals surface area (Å²) in [6, 6.07) is 0. The molecule has 1 aromatic heterocycles. The number of anilines is 1. The first-order chi connectivity index (χ1) is 10.1. The van der Waals surface area contributed by atoms with Crippen molar-refractivity contribution in [2.24, 2.45) is 0 Å². The Labute approximate surface area is 124 Å². The van der Waals surface area contributed by atoms with Gasteiger partial charge in [0.15, 0.2) is 0 Å². The maximum Gasteiger partial charge on any atom is 0.329 e. The van der Waals surface area contributed by atoms with E-state index in [1.54, 1.807) is 0 Å². The number of nitrogens with zero attached hydrogens (tertiary/aromatic N) is 3. The predicted octanol–water partition coefficient (Wildman–Crippen LogP) is -0.334. The molecule has 0 radical (unpaired) electrons. The van der Waals surface area contributed by atoms with Crippen molar-refractivity contribution in [3.8, 4) is 0 Å². The van der Waals surface area contributed by atoms with Gasteiger partial charge in [0.05, 0.1) is 5.56 Å². The fourth-order valence-corrected chi connectivity index (χ4v) is 2.71. The molecule has 1 fully saturated rings. The predicted molar refractivity (Wildman–Crippen MR) is 83.4 cm³/mol. The third-order valence-corrected chi connectivity index (χ3v) is 4.08. The summed E-state index contributed by atoms with van der Waals surface area (Å²) in [5, 5.41) is 0. The molecule has 0 unspecified atom stereocenters. The van der Waals surface area contributed by atoms with Gasteiger partial charge in [0.2, 0.25) is 0 Å². The molecule has 0 saturated carbocycles. The summed E-state index contributed by atoms with van der Waals surface area (Å²) >= 11 is 0. The number of piperazine rings is 1. The third-order valence-electron chi connectivity index (χ3n) is 4.08. The number of hydrogen-bond acceptors (Lipinski definition) is 5. The number of rotatable bonds is 5. The Balaban J connectivity index is 2.19. The van der Waals surface area contributed by atoms with Crippen molar-refractivity contribution >= 4 is 5.82 Å². The number of aromatic nitrogens is 2. The first-order valence-electron chi connectivity index (χ1n) is 7.63. The molecule has 2 rings (SSSR count). The van der Waals surface area contributed by atoms with E-state index >= 15 is 0 Å². The van der Waals surface area contributed by atoms with Crippen LogP contribution in [0.1, 0.15) is 25.8 Å². The maximum atomic E-state index is 12.0. The highest BCUT2D eigenvalue weighted by molar-refractivity contribution is 5.38. The monoisotopic (exact) mass is 295 g/mol. The van der Waals surface area contributed by atoms with Gasteiger partial charge in [-0.1, -0.05) is 13.8 Å². The number of nitrogen functional groups attached to an aromatic ring is 1. The lowest BCUT2D eigenvalue weighted by molar-refractivity contribution is 0.131. The molecule has 2 heterocycles. The van der Waals surface area contributed by atoms with E-state index in [0.29, 0.717) is 24.5 Å². The van der Waals surface area contributed by atoms with Crippen molar-refractivity contribution < 1.29 is 0 Å². The zero-order chi connectivity index (χ0) is 15.4. The van der Waals surface area contributed by atoms with Crippen LogP contribution in [0.5, 0.6) is 0 Å². The molecule has 1 aliphatic heterocycles. The lowest BCUT2D eigenvalue weighted by atomic mass is 10.2. The zero-order valence-corrected chi connectivity index (χ0v) is 12.9. The summed E-state index contributed by atoms with van der Waals surface area (Å²) in [7, 11) is 0. The van der Waals surface area contributed by atoms with Crippen LogP contribution in [0.25, 0.3) is 0 Å². The van der Waals surface area contributed by atoms with Gasteiger partial charge in [-0.2, -0.15) is 0 Å². The van der Waals surface area contributed by atoms with Crippen molar-refractivity contribution in [2.45, 2.75) is 33.4 Å². The Morgan fingerprint density at radius 1 is 1.10 bits per heavy atom. The molecular weight excluding hydrogens is 270 g/mol. The van der Waals surface area contributed by atoms with E-state index in [0.717, 1.165) is 39.1 Å². The number of aromatic amines is 1. The summed E-state index contributed by atoms with van der Waals surface area (Å²) < 4.78 is 1.46. The van der Waals surface area contributed by atoms with Crippen LogP contribution < -0.4 is 17.0 Å². The van der Waals surface area contributed by atoms with Gasteiger partial charge in [-0.3, -0.25) is 19.2 Å². The zero-order valence-electron chi connectivity index (χ0n) is 12.9. The molecular formula is C14H25N5O2. The second-order valence-corrected chi connectivity index (χ2v) is 5.49. The molecule has 21 heavy (non-hydrogen) atoms. The fourth-order valence-electron chi connectivity index (χ4n) is 2.71. The van der Waals surface area contributed by atoms with Crippen molar-refractivity contribution in [3.05, 3.63) is 26.4 Å². The van der Waals surface area contributed by atoms with Gasteiger partial charge < -0.3 is 10.6 Å². The highest BCUT2D eigenvalue weighted by Crippen LogP contribution is 2.10. The fraction of sp³-hybridized carbons (Fsp3) is 0.714. The van der Waals surface area contributed by atoms with Gasteiger partial charge in [-0.05, 0) is 13.0 Å². The Hall–Kier alpha value is -1.60. The molecule has 0 atom stereocenters. The third kappa shape index (κ3) is 3.54. The van der Waals surface area contributed by atoms with Crippen LogP contribution in [-0.2, 0) is 13.1 Å². The van der Waals surface area contributed by atoms with Gasteiger partial charge in [-0.25, -0.2) is 4.79 Å². The SMILES string of the molecule is CCCn1c(N)c(CN2CCN(CC)CC2)c(=O)[nH]c1=O. The van der Waals surface area contributed by atoms with E-state index in [1.165, 1.54) is 4.57 Å². The summed E-state index contributed by atoms with van der Waals surface area (Å²) in [6.45, 7) is 10.0. The second-order valence-electron chi connectivity index (χ2n) is 5.49. The molecule has 1 saturated heterocycles. The summed E-state index contributed by atoms with van der Waals surface area (Å²) in [6.07, 6.45) is 0.796. The Bertz CT molecular complexity index is 584. The second kappa shape index (κ2) is 6.91. The average molecular weight is 295 g/mol. The minimum absolute atomic E-state index is 0.309. The van der Waals surface area contributed by atoms with Crippen LogP contribution in [0.3, 0.4) is 0 Å². The molecule has 118 valence electrons. The van der Waals surface area contributed by atoms with E-state index in [4.69, 9.17) is 5.73 Å². The van der Waals surface area contributed by atoms with Crippen LogP contribution in [0.4, 0.5) is 5.82 Å². The average Bonchev–Trinajstić information content (AvgIpc) is 2.48. The van der Waals surface area contributed by atoms with E-state index < -0.39 is 5.69 Å². The molecule has 7 nitrogen and oxygen atoms in total. The van der Waals surface area contributed by atoms with Crippen molar-refractivity contribution in [3.63, 3.8) is 0 Å². The highest BCUT2D eigenvalue weighted by atomic mass is 16.2. The van der Waals surface area contributed by atoms with E-state index in [2.05, 4.69) is 21.7 Å². The topological polar surface area (TPSA) is 87.4 Å². The largest absolute Gasteiger partial charge is 0.385 e. The molecule has 0 spiro atoms. The first kappa shape index (κ1) is 15.8. The first-order valence-corrected chi connectivity index (χ1v) is 7.63. The Morgan fingerprint density at radius 2 is 1.71 bits per heavy atom. The molecule has 0 aromatic carbocycles. The lowest BCUT2D eigenvalue weighted by Crippen LogP contribution is -2.47. The van der Waals surface area contributed by atoms with Crippen molar-refractivity contribution in [2.75, 3.05) is 38.5 Å². The quantitative estimate of drug-likeness (QED) is 0.776. The lowest BCUT2D eigenvalue weighted by Gasteiger charge is -2.34. The molecule has 1 aliphatic rings. The molecule has 1 aromatic rings. The van der Waals surface area contributed by atoms with Gasteiger partial charge >= 0.3 is 5.69 Å². The van der Waals surface area contributed by atoms with Gasteiger partial charge in [0, 0.05) is 39.3 Å². The highest BCUT2D eigenvalue weighted by Gasteiger charge is 2.19. The molecule has 0 amide bonds. The number of nitrogens with two attached hydrogens (primary N) is 1. The van der Waals surface area contributed by atoms with Crippen LogP contribution in [0, 0.1) is 0 Å². The Kier molecular flexibility index (Phi) is 5.19. The van der Waals surface area contributed by atoms with Crippen molar-refractivity contribution in [1.29, 1.82) is 0 Å². The van der Waals surface area contributed by atoms with Crippen LogP contribution in [0.15, 0.2) is 9.59 Å². The van der Waals surface area contributed by atoms with E-state index in [1.807, 2.05) is 6.92 Å².